The zero-order valence-electron chi connectivity index (χ0n) is 7.45. The first-order valence-corrected chi connectivity index (χ1v) is 4.90. The molecule has 0 N–H and O–H groups in total. The molecule has 0 radical (unpaired) electrons. The van der Waals surface area contributed by atoms with Crippen LogP contribution in [0.5, 0.6) is 0 Å². The van der Waals surface area contributed by atoms with Crippen LogP contribution in [-0.2, 0) is 0 Å². The molecule has 0 saturated carbocycles. The van der Waals surface area contributed by atoms with Crippen LogP contribution in [0.3, 0.4) is 0 Å². The van der Waals surface area contributed by atoms with Crippen molar-refractivity contribution < 1.29 is 0 Å². The smallest absolute Gasteiger partial charge is 0.0500 e. The van der Waals surface area contributed by atoms with Gasteiger partial charge in [0.1, 0.15) is 0 Å². The minimum Gasteiger partial charge on any atom is -0.301 e. The molecule has 11 heavy (non-hydrogen) atoms. The summed E-state index contributed by atoms with van der Waals surface area (Å²) in [7, 11) is 0. The summed E-state index contributed by atoms with van der Waals surface area (Å²) in [5.41, 5.74) is 0. The van der Waals surface area contributed by atoms with Gasteiger partial charge in [-0.1, -0.05) is 6.92 Å². The Hall–Kier alpha value is 0.270. The molecule has 1 rings (SSSR count). The van der Waals surface area contributed by atoms with Gasteiger partial charge in [0.25, 0.3) is 0 Å². The van der Waals surface area contributed by atoms with Crippen LogP contribution in [0, 0.1) is 0 Å². The first kappa shape index (κ1) is 9.36. The highest BCUT2D eigenvalue weighted by molar-refractivity contribution is 7.80. The average molecular weight is 174 g/mol. The van der Waals surface area contributed by atoms with E-state index in [1.165, 1.54) is 32.7 Å². The van der Waals surface area contributed by atoms with Gasteiger partial charge < -0.3 is 4.90 Å². The van der Waals surface area contributed by atoms with Crippen LogP contribution >= 0.6 is 12.6 Å². The molecule has 0 spiro atoms. The van der Waals surface area contributed by atoms with E-state index in [0.717, 1.165) is 0 Å². The van der Waals surface area contributed by atoms with E-state index in [9.17, 15) is 0 Å². The Morgan fingerprint density at radius 2 is 1.82 bits per heavy atom. The lowest BCUT2D eigenvalue weighted by molar-refractivity contribution is 0.134. The first-order valence-electron chi connectivity index (χ1n) is 4.38. The number of piperazine rings is 1. The van der Waals surface area contributed by atoms with Crippen molar-refractivity contribution in [2.75, 3.05) is 32.7 Å². The second-order valence-electron chi connectivity index (χ2n) is 3.10. The highest BCUT2D eigenvalue weighted by atomic mass is 32.1. The van der Waals surface area contributed by atoms with Crippen LogP contribution in [0.25, 0.3) is 0 Å². The van der Waals surface area contributed by atoms with Crippen LogP contribution in [-0.4, -0.2) is 47.9 Å². The van der Waals surface area contributed by atoms with Crippen LogP contribution in [0.2, 0.25) is 0 Å². The Kier molecular flexibility index (Phi) is 3.69. The number of hydrogen-bond donors (Lipinski definition) is 1. The van der Waals surface area contributed by atoms with Crippen molar-refractivity contribution in [3.8, 4) is 0 Å². The fourth-order valence-electron chi connectivity index (χ4n) is 1.45. The predicted molar refractivity (Wildman–Crippen MR) is 52.1 cm³/mol. The second-order valence-corrected chi connectivity index (χ2v) is 3.85. The van der Waals surface area contributed by atoms with Crippen molar-refractivity contribution in [3.63, 3.8) is 0 Å². The minimum atomic E-state index is 0.425. The van der Waals surface area contributed by atoms with Crippen molar-refractivity contribution in [3.05, 3.63) is 0 Å². The standard InChI is InChI=1S/C8H18N2S/c1-3-9-4-6-10(7-5-9)8(2)11/h8,11H,3-7H2,1-2H3. The molecule has 0 bridgehead atoms. The summed E-state index contributed by atoms with van der Waals surface area (Å²) < 4.78 is 0. The molecule has 1 aliphatic heterocycles. The van der Waals surface area contributed by atoms with E-state index in [4.69, 9.17) is 0 Å². The summed E-state index contributed by atoms with van der Waals surface area (Å²) in [5, 5.41) is 0.425. The second kappa shape index (κ2) is 4.33. The fourth-order valence-corrected chi connectivity index (χ4v) is 1.68. The van der Waals surface area contributed by atoms with Crippen molar-refractivity contribution in [1.82, 2.24) is 9.80 Å². The number of rotatable bonds is 2. The van der Waals surface area contributed by atoms with E-state index in [0.29, 0.717) is 5.37 Å². The van der Waals surface area contributed by atoms with Gasteiger partial charge in [0, 0.05) is 31.6 Å². The Morgan fingerprint density at radius 1 is 1.27 bits per heavy atom. The molecule has 0 aromatic rings. The molecule has 1 atom stereocenters. The molecule has 1 aliphatic rings. The number of hydrogen-bond acceptors (Lipinski definition) is 3. The van der Waals surface area contributed by atoms with Gasteiger partial charge in [0.05, 0.1) is 0 Å². The van der Waals surface area contributed by atoms with E-state index >= 15 is 0 Å². The molecule has 1 fully saturated rings. The Morgan fingerprint density at radius 3 is 2.18 bits per heavy atom. The Balaban J connectivity index is 2.24. The van der Waals surface area contributed by atoms with Gasteiger partial charge in [0.2, 0.25) is 0 Å². The highest BCUT2D eigenvalue weighted by Gasteiger charge is 2.17. The van der Waals surface area contributed by atoms with Gasteiger partial charge in [0.15, 0.2) is 0 Å². The van der Waals surface area contributed by atoms with Gasteiger partial charge in [-0.15, -0.1) is 0 Å². The maximum atomic E-state index is 4.41. The quantitative estimate of drug-likeness (QED) is 0.621. The number of likely N-dealkylation sites (N-methyl/N-ethyl adjacent to an activating group) is 1. The molecule has 0 aromatic heterocycles. The van der Waals surface area contributed by atoms with Gasteiger partial charge in [-0.3, -0.25) is 4.90 Å². The molecule has 0 aromatic carbocycles. The van der Waals surface area contributed by atoms with E-state index in [2.05, 4.69) is 36.3 Å². The molecule has 1 unspecified atom stereocenters. The highest BCUT2D eigenvalue weighted by Crippen LogP contribution is 2.07. The van der Waals surface area contributed by atoms with Crippen LogP contribution in [0.1, 0.15) is 13.8 Å². The zero-order chi connectivity index (χ0) is 8.27. The molecule has 0 amide bonds. The van der Waals surface area contributed by atoms with Crippen LogP contribution in [0.4, 0.5) is 0 Å². The SMILES string of the molecule is CCN1CCN(C(C)S)CC1. The third-order valence-corrected chi connectivity index (χ3v) is 2.71. The molecule has 2 nitrogen and oxygen atoms in total. The third kappa shape index (κ3) is 2.65. The van der Waals surface area contributed by atoms with Crippen molar-refractivity contribution in [2.24, 2.45) is 0 Å². The van der Waals surface area contributed by atoms with Gasteiger partial charge in [-0.05, 0) is 13.5 Å². The molecular weight excluding hydrogens is 156 g/mol. The van der Waals surface area contributed by atoms with Gasteiger partial charge in [-0.25, -0.2) is 0 Å². The number of thiol groups is 1. The molecule has 0 aliphatic carbocycles. The monoisotopic (exact) mass is 174 g/mol. The lowest BCUT2D eigenvalue weighted by Crippen LogP contribution is -2.47. The summed E-state index contributed by atoms with van der Waals surface area (Å²) in [4.78, 5) is 4.89. The maximum Gasteiger partial charge on any atom is 0.0500 e. The summed E-state index contributed by atoms with van der Waals surface area (Å²) >= 11 is 4.41. The zero-order valence-corrected chi connectivity index (χ0v) is 8.35. The van der Waals surface area contributed by atoms with E-state index in [1.807, 2.05) is 0 Å². The molecular formula is C8H18N2S. The summed E-state index contributed by atoms with van der Waals surface area (Å²) in [6.07, 6.45) is 0. The average Bonchev–Trinajstić information content (AvgIpc) is 2.05. The lowest BCUT2D eigenvalue weighted by Gasteiger charge is -2.35. The fraction of sp³-hybridized carbons (Fsp3) is 1.00. The summed E-state index contributed by atoms with van der Waals surface area (Å²) in [5.74, 6) is 0. The largest absolute Gasteiger partial charge is 0.301 e. The minimum absolute atomic E-state index is 0.425. The first-order chi connectivity index (χ1) is 5.24. The molecule has 1 saturated heterocycles. The van der Waals surface area contributed by atoms with Crippen molar-refractivity contribution >= 4 is 12.6 Å². The van der Waals surface area contributed by atoms with Gasteiger partial charge in [-0.2, -0.15) is 12.6 Å². The van der Waals surface area contributed by atoms with E-state index in [1.54, 1.807) is 0 Å². The third-order valence-electron chi connectivity index (χ3n) is 2.38. The number of nitrogens with zero attached hydrogens (tertiary/aromatic N) is 2. The molecule has 3 heteroatoms. The maximum absolute atomic E-state index is 4.41. The summed E-state index contributed by atoms with van der Waals surface area (Å²) in [6.45, 7) is 10.3. The van der Waals surface area contributed by atoms with Crippen molar-refractivity contribution in [2.45, 2.75) is 19.2 Å². The van der Waals surface area contributed by atoms with Gasteiger partial charge >= 0.3 is 0 Å². The van der Waals surface area contributed by atoms with E-state index in [-0.39, 0.29) is 0 Å². The van der Waals surface area contributed by atoms with Crippen molar-refractivity contribution in [1.29, 1.82) is 0 Å². The van der Waals surface area contributed by atoms with E-state index < -0.39 is 0 Å². The summed E-state index contributed by atoms with van der Waals surface area (Å²) in [6, 6.07) is 0. The normalized spacial score (nSPS) is 25.4. The topological polar surface area (TPSA) is 6.48 Å². The van der Waals surface area contributed by atoms with Crippen LogP contribution < -0.4 is 0 Å². The Labute approximate surface area is 75.0 Å². The lowest BCUT2D eigenvalue weighted by atomic mass is 10.3. The predicted octanol–water partition coefficient (Wildman–Crippen LogP) is 0.900. The molecule has 1 heterocycles. The van der Waals surface area contributed by atoms with Crippen LogP contribution in [0.15, 0.2) is 0 Å². The molecule has 66 valence electrons. The Bertz CT molecular complexity index is 109.